The monoisotopic (exact) mass is 243 g/mol. The highest BCUT2D eigenvalue weighted by molar-refractivity contribution is 5.34. The summed E-state index contributed by atoms with van der Waals surface area (Å²) >= 11 is 0. The van der Waals surface area contributed by atoms with Crippen LogP contribution in [-0.4, -0.2) is 28.5 Å². The molecule has 5 heteroatoms. The number of aromatic nitrogens is 3. The molecule has 94 valence electrons. The molecule has 0 amide bonds. The smallest absolute Gasteiger partial charge is 0.131 e. The van der Waals surface area contributed by atoms with Gasteiger partial charge in [0.25, 0.3) is 0 Å². The van der Waals surface area contributed by atoms with Crippen molar-refractivity contribution in [2.24, 2.45) is 0 Å². The summed E-state index contributed by atoms with van der Waals surface area (Å²) in [5, 5.41) is 6.36. The van der Waals surface area contributed by atoms with Gasteiger partial charge in [-0.15, -0.1) is 0 Å². The highest BCUT2D eigenvalue weighted by atomic mass is 15.0. The lowest BCUT2D eigenvalue weighted by molar-refractivity contribution is 0.755. The quantitative estimate of drug-likeness (QED) is 0.799. The summed E-state index contributed by atoms with van der Waals surface area (Å²) in [6, 6.07) is 5.84. The van der Waals surface area contributed by atoms with Crippen LogP contribution in [0.3, 0.4) is 0 Å². The molecule has 0 saturated heterocycles. The van der Waals surface area contributed by atoms with E-state index in [1.807, 2.05) is 25.2 Å². The molecule has 5 nitrogen and oxygen atoms in total. The van der Waals surface area contributed by atoms with Crippen LogP contribution in [0.4, 0.5) is 5.82 Å². The minimum atomic E-state index is 0.741. The lowest BCUT2D eigenvalue weighted by Gasteiger charge is -2.06. The third kappa shape index (κ3) is 3.78. The standard InChI is InChI=1S/C13H17N5/c1-14-6-4-12-16-9-5-13(18-12)17-10-11-2-7-15-8-3-11/h2-3,5,7-9,14H,4,6,10H2,1H3,(H,16,17,18). The van der Waals surface area contributed by atoms with Crippen molar-refractivity contribution in [3.05, 3.63) is 48.2 Å². The van der Waals surface area contributed by atoms with E-state index in [2.05, 4.69) is 25.6 Å². The van der Waals surface area contributed by atoms with Crippen LogP contribution in [0.5, 0.6) is 0 Å². The van der Waals surface area contributed by atoms with Crippen LogP contribution in [0, 0.1) is 0 Å². The Morgan fingerprint density at radius 2 is 1.94 bits per heavy atom. The average molecular weight is 243 g/mol. The van der Waals surface area contributed by atoms with Crippen molar-refractivity contribution < 1.29 is 0 Å². The summed E-state index contributed by atoms with van der Waals surface area (Å²) in [7, 11) is 1.92. The highest BCUT2D eigenvalue weighted by Crippen LogP contribution is 2.05. The van der Waals surface area contributed by atoms with Crippen molar-refractivity contribution in [1.82, 2.24) is 20.3 Å². The van der Waals surface area contributed by atoms with Crippen LogP contribution in [0.2, 0.25) is 0 Å². The molecule has 0 saturated carbocycles. The second kappa shape index (κ2) is 6.66. The number of likely N-dealkylation sites (N-methyl/N-ethyl adjacent to an activating group) is 1. The van der Waals surface area contributed by atoms with Gasteiger partial charge in [-0.2, -0.15) is 0 Å². The molecular weight excluding hydrogens is 226 g/mol. The maximum Gasteiger partial charge on any atom is 0.131 e. The van der Waals surface area contributed by atoms with E-state index in [-0.39, 0.29) is 0 Å². The Morgan fingerprint density at radius 1 is 1.11 bits per heavy atom. The molecule has 0 fully saturated rings. The summed E-state index contributed by atoms with van der Waals surface area (Å²) < 4.78 is 0. The normalized spacial score (nSPS) is 10.3. The van der Waals surface area contributed by atoms with Crippen LogP contribution in [0.1, 0.15) is 11.4 Å². The van der Waals surface area contributed by atoms with E-state index in [9.17, 15) is 0 Å². The van der Waals surface area contributed by atoms with E-state index < -0.39 is 0 Å². The van der Waals surface area contributed by atoms with Crippen molar-refractivity contribution in [2.45, 2.75) is 13.0 Å². The minimum absolute atomic E-state index is 0.741. The Kier molecular flexibility index (Phi) is 4.60. The van der Waals surface area contributed by atoms with E-state index >= 15 is 0 Å². The van der Waals surface area contributed by atoms with E-state index in [1.54, 1.807) is 18.6 Å². The summed E-state index contributed by atoms with van der Waals surface area (Å²) in [4.78, 5) is 12.7. The number of nitrogens with zero attached hydrogens (tertiary/aromatic N) is 3. The first-order chi connectivity index (χ1) is 8.88. The van der Waals surface area contributed by atoms with Crippen molar-refractivity contribution in [3.8, 4) is 0 Å². The fourth-order valence-corrected chi connectivity index (χ4v) is 1.55. The first-order valence-corrected chi connectivity index (χ1v) is 5.98. The molecular formula is C13H17N5. The number of nitrogens with one attached hydrogen (secondary N) is 2. The Bertz CT molecular complexity index is 472. The SMILES string of the molecule is CNCCc1nccc(NCc2ccncc2)n1. The fraction of sp³-hybridized carbons (Fsp3) is 0.308. The van der Waals surface area contributed by atoms with Crippen molar-refractivity contribution in [3.63, 3.8) is 0 Å². The van der Waals surface area contributed by atoms with Gasteiger partial charge in [0.15, 0.2) is 0 Å². The van der Waals surface area contributed by atoms with Gasteiger partial charge in [-0.05, 0) is 30.8 Å². The molecule has 0 spiro atoms. The largest absolute Gasteiger partial charge is 0.366 e. The summed E-state index contributed by atoms with van der Waals surface area (Å²) in [5.41, 5.74) is 1.18. The zero-order valence-corrected chi connectivity index (χ0v) is 10.4. The second-order valence-corrected chi connectivity index (χ2v) is 3.92. The molecule has 0 aromatic carbocycles. The molecule has 0 radical (unpaired) electrons. The van der Waals surface area contributed by atoms with Crippen LogP contribution >= 0.6 is 0 Å². The van der Waals surface area contributed by atoms with Gasteiger partial charge < -0.3 is 10.6 Å². The average Bonchev–Trinajstić information content (AvgIpc) is 2.44. The van der Waals surface area contributed by atoms with Gasteiger partial charge in [0.2, 0.25) is 0 Å². The van der Waals surface area contributed by atoms with Crippen LogP contribution in [0.25, 0.3) is 0 Å². The molecule has 0 unspecified atom stereocenters. The van der Waals surface area contributed by atoms with Crippen molar-refractivity contribution in [1.29, 1.82) is 0 Å². The van der Waals surface area contributed by atoms with Crippen molar-refractivity contribution in [2.75, 3.05) is 18.9 Å². The number of hydrogen-bond acceptors (Lipinski definition) is 5. The summed E-state index contributed by atoms with van der Waals surface area (Å²) in [6.45, 7) is 1.62. The molecule has 0 aliphatic carbocycles. The topological polar surface area (TPSA) is 62.7 Å². The maximum atomic E-state index is 4.45. The Labute approximate surface area is 107 Å². The first-order valence-electron chi connectivity index (χ1n) is 5.98. The van der Waals surface area contributed by atoms with E-state index in [0.717, 1.165) is 31.2 Å². The third-order valence-corrected chi connectivity index (χ3v) is 2.53. The van der Waals surface area contributed by atoms with Crippen LogP contribution in [-0.2, 0) is 13.0 Å². The van der Waals surface area contributed by atoms with Gasteiger partial charge in [0.05, 0.1) is 0 Å². The zero-order chi connectivity index (χ0) is 12.6. The number of pyridine rings is 1. The molecule has 0 aliphatic rings. The molecule has 2 heterocycles. The lowest BCUT2D eigenvalue weighted by atomic mass is 10.3. The number of hydrogen-bond donors (Lipinski definition) is 2. The van der Waals surface area contributed by atoms with Gasteiger partial charge in [0.1, 0.15) is 11.6 Å². The molecule has 0 bridgehead atoms. The molecule has 2 aromatic rings. The van der Waals surface area contributed by atoms with Gasteiger partial charge in [-0.3, -0.25) is 4.98 Å². The van der Waals surface area contributed by atoms with E-state index in [4.69, 9.17) is 0 Å². The van der Waals surface area contributed by atoms with Crippen molar-refractivity contribution >= 4 is 5.82 Å². The van der Waals surface area contributed by atoms with Crippen LogP contribution in [0.15, 0.2) is 36.8 Å². The Hall–Kier alpha value is -2.01. The highest BCUT2D eigenvalue weighted by Gasteiger charge is 1.99. The minimum Gasteiger partial charge on any atom is -0.366 e. The molecule has 0 atom stereocenters. The van der Waals surface area contributed by atoms with Crippen LogP contribution < -0.4 is 10.6 Å². The van der Waals surface area contributed by atoms with E-state index in [1.165, 1.54) is 5.56 Å². The predicted octanol–water partition coefficient (Wildman–Crippen LogP) is 1.25. The summed E-state index contributed by atoms with van der Waals surface area (Å²) in [5.74, 6) is 1.71. The molecule has 2 aromatic heterocycles. The van der Waals surface area contributed by atoms with Gasteiger partial charge >= 0.3 is 0 Å². The summed E-state index contributed by atoms with van der Waals surface area (Å²) in [6.07, 6.45) is 6.19. The fourth-order valence-electron chi connectivity index (χ4n) is 1.55. The van der Waals surface area contributed by atoms with Gasteiger partial charge in [0, 0.05) is 38.1 Å². The maximum absolute atomic E-state index is 4.45. The number of rotatable bonds is 6. The zero-order valence-electron chi connectivity index (χ0n) is 10.4. The Morgan fingerprint density at radius 3 is 2.72 bits per heavy atom. The van der Waals surface area contributed by atoms with Gasteiger partial charge in [-0.1, -0.05) is 0 Å². The third-order valence-electron chi connectivity index (χ3n) is 2.53. The molecule has 2 rings (SSSR count). The molecule has 18 heavy (non-hydrogen) atoms. The number of anilines is 1. The van der Waals surface area contributed by atoms with E-state index in [0.29, 0.717) is 0 Å². The Balaban J connectivity index is 1.93. The first kappa shape index (κ1) is 12.4. The second-order valence-electron chi connectivity index (χ2n) is 3.92. The lowest BCUT2D eigenvalue weighted by Crippen LogP contribution is -2.13. The molecule has 0 aliphatic heterocycles. The predicted molar refractivity (Wildman–Crippen MR) is 71.2 cm³/mol. The molecule has 2 N–H and O–H groups in total. The van der Waals surface area contributed by atoms with Gasteiger partial charge in [-0.25, -0.2) is 9.97 Å².